The van der Waals surface area contributed by atoms with Gasteiger partial charge >= 0.3 is 12.0 Å². The number of amides is 2. The average molecular weight is 292 g/mol. The van der Waals surface area contributed by atoms with Gasteiger partial charge in [-0.1, -0.05) is 0 Å². The molecule has 104 valence electrons. The van der Waals surface area contributed by atoms with Crippen molar-refractivity contribution in [2.75, 3.05) is 17.7 Å². The molecule has 1 heterocycles. The van der Waals surface area contributed by atoms with Crippen molar-refractivity contribution in [2.24, 2.45) is 0 Å². The number of aromatic carboxylic acids is 1. The maximum Gasteiger partial charge on any atom is 0.345 e. The lowest BCUT2D eigenvalue weighted by Crippen LogP contribution is -2.18. The van der Waals surface area contributed by atoms with E-state index in [0.29, 0.717) is 16.4 Å². The fraction of sp³-hybridized carbons (Fsp3) is 0.0769. The first-order chi connectivity index (χ1) is 9.58. The third-order valence-electron chi connectivity index (χ3n) is 2.40. The zero-order valence-electron chi connectivity index (χ0n) is 10.5. The van der Waals surface area contributed by atoms with E-state index in [1.807, 2.05) is 0 Å². The molecule has 0 saturated carbocycles. The van der Waals surface area contributed by atoms with Gasteiger partial charge in [0.05, 0.1) is 12.1 Å². The molecule has 0 unspecified atom stereocenters. The molecular formula is C13H12N2O4S. The van der Waals surface area contributed by atoms with E-state index in [1.165, 1.54) is 6.07 Å². The van der Waals surface area contributed by atoms with Crippen LogP contribution in [0.2, 0.25) is 0 Å². The summed E-state index contributed by atoms with van der Waals surface area (Å²) in [7, 11) is 1.56. The number of hydrogen-bond acceptors (Lipinski definition) is 4. The summed E-state index contributed by atoms with van der Waals surface area (Å²) in [5.41, 5.74) is 0.610. The summed E-state index contributed by atoms with van der Waals surface area (Å²) in [5.74, 6) is -0.320. The molecule has 0 aliphatic carbocycles. The molecule has 7 heteroatoms. The summed E-state index contributed by atoms with van der Waals surface area (Å²) in [6.45, 7) is 0. The highest BCUT2D eigenvalue weighted by Gasteiger charge is 2.09. The first-order valence-corrected chi connectivity index (χ1v) is 6.45. The molecule has 0 atom stereocenters. The lowest BCUT2D eigenvalue weighted by Gasteiger charge is -2.06. The molecule has 1 aromatic carbocycles. The maximum absolute atomic E-state index is 11.7. The second-order valence-electron chi connectivity index (χ2n) is 3.78. The fourth-order valence-corrected chi connectivity index (χ4v) is 2.21. The van der Waals surface area contributed by atoms with Gasteiger partial charge in [0, 0.05) is 5.69 Å². The molecule has 2 rings (SSSR count). The number of thiophene rings is 1. The standard InChI is InChI=1S/C13H12N2O4S/c1-19-9-4-2-8(3-5-9)14-13(18)15-11-7-6-10(20-11)12(16)17/h2-7H,1H3,(H,16,17)(H2,14,15,18). The molecule has 0 aliphatic rings. The number of benzene rings is 1. The Morgan fingerprint density at radius 1 is 1.10 bits per heavy atom. The Morgan fingerprint density at radius 3 is 2.35 bits per heavy atom. The minimum Gasteiger partial charge on any atom is -0.497 e. The number of rotatable bonds is 4. The van der Waals surface area contributed by atoms with Gasteiger partial charge in [0.2, 0.25) is 0 Å². The van der Waals surface area contributed by atoms with E-state index in [-0.39, 0.29) is 4.88 Å². The van der Waals surface area contributed by atoms with Crippen LogP contribution in [-0.4, -0.2) is 24.2 Å². The third kappa shape index (κ3) is 3.48. The zero-order valence-corrected chi connectivity index (χ0v) is 11.4. The number of carbonyl (C=O) groups excluding carboxylic acids is 1. The van der Waals surface area contributed by atoms with Crippen molar-refractivity contribution in [1.29, 1.82) is 0 Å². The van der Waals surface area contributed by atoms with E-state index in [9.17, 15) is 9.59 Å². The number of nitrogens with one attached hydrogen (secondary N) is 2. The number of carbonyl (C=O) groups is 2. The van der Waals surface area contributed by atoms with Crippen molar-refractivity contribution in [3.8, 4) is 5.75 Å². The Hall–Kier alpha value is -2.54. The lowest BCUT2D eigenvalue weighted by molar-refractivity contribution is 0.0702. The largest absolute Gasteiger partial charge is 0.497 e. The monoisotopic (exact) mass is 292 g/mol. The molecule has 3 N–H and O–H groups in total. The van der Waals surface area contributed by atoms with Crippen LogP contribution in [0.15, 0.2) is 36.4 Å². The average Bonchev–Trinajstić information content (AvgIpc) is 2.88. The molecule has 0 spiro atoms. The molecule has 1 aromatic heterocycles. The van der Waals surface area contributed by atoms with Gasteiger partial charge in [-0.05, 0) is 36.4 Å². The van der Waals surface area contributed by atoms with Crippen LogP contribution in [0.4, 0.5) is 15.5 Å². The smallest absolute Gasteiger partial charge is 0.345 e. The highest BCUT2D eigenvalue weighted by Crippen LogP contribution is 2.22. The van der Waals surface area contributed by atoms with E-state index in [1.54, 1.807) is 37.4 Å². The normalized spacial score (nSPS) is 9.85. The molecule has 6 nitrogen and oxygen atoms in total. The zero-order chi connectivity index (χ0) is 14.5. The number of urea groups is 1. The van der Waals surface area contributed by atoms with E-state index in [2.05, 4.69) is 10.6 Å². The molecule has 2 aromatic rings. The lowest BCUT2D eigenvalue weighted by atomic mass is 10.3. The fourth-order valence-electron chi connectivity index (χ4n) is 1.47. The summed E-state index contributed by atoms with van der Waals surface area (Å²) in [4.78, 5) is 22.6. The van der Waals surface area contributed by atoms with Crippen molar-refractivity contribution in [1.82, 2.24) is 0 Å². The van der Waals surface area contributed by atoms with Gasteiger partial charge in [-0.3, -0.25) is 5.32 Å². The van der Waals surface area contributed by atoms with Crippen LogP contribution in [0.5, 0.6) is 5.75 Å². The Balaban J connectivity index is 1.95. The van der Waals surface area contributed by atoms with Crippen LogP contribution in [0.1, 0.15) is 9.67 Å². The Labute approximate surface area is 119 Å². The summed E-state index contributed by atoms with van der Waals surface area (Å²) in [6, 6.07) is 9.41. The van der Waals surface area contributed by atoms with E-state index in [0.717, 1.165) is 11.3 Å². The van der Waals surface area contributed by atoms with E-state index < -0.39 is 12.0 Å². The summed E-state index contributed by atoms with van der Waals surface area (Å²) < 4.78 is 5.01. The van der Waals surface area contributed by atoms with Crippen molar-refractivity contribution < 1.29 is 19.4 Å². The number of ether oxygens (including phenoxy) is 1. The van der Waals surface area contributed by atoms with Crippen molar-refractivity contribution in [2.45, 2.75) is 0 Å². The van der Waals surface area contributed by atoms with Crippen LogP contribution in [0.3, 0.4) is 0 Å². The van der Waals surface area contributed by atoms with Gasteiger partial charge in [-0.25, -0.2) is 9.59 Å². The molecule has 0 aliphatic heterocycles. The predicted molar refractivity (Wildman–Crippen MR) is 76.9 cm³/mol. The quantitative estimate of drug-likeness (QED) is 0.808. The summed E-state index contributed by atoms with van der Waals surface area (Å²) in [6.07, 6.45) is 0. The molecule has 2 amide bonds. The van der Waals surface area contributed by atoms with Crippen LogP contribution in [0, 0.1) is 0 Å². The third-order valence-corrected chi connectivity index (χ3v) is 3.39. The number of carboxylic acid groups (broad SMARTS) is 1. The van der Waals surface area contributed by atoms with Crippen LogP contribution < -0.4 is 15.4 Å². The molecule has 20 heavy (non-hydrogen) atoms. The number of carboxylic acids is 1. The van der Waals surface area contributed by atoms with Gasteiger partial charge in [-0.2, -0.15) is 0 Å². The molecule has 0 fully saturated rings. The van der Waals surface area contributed by atoms with Gasteiger partial charge in [0.15, 0.2) is 0 Å². The van der Waals surface area contributed by atoms with Crippen LogP contribution >= 0.6 is 11.3 Å². The molecule has 0 bridgehead atoms. The second kappa shape index (κ2) is 6.07. The maximum atomic E-state index is 11.7. The SMILES string of the molecule is COc1ccc(NC(=O)Nc2ccc(C(=O)O)s2)cc1. The van der Waals surface area contributed by atoms with E-state index >= 15 is 0 Å². The Morgan fingerprint density at radius 2 is 1.80 bits per heavy atom. The first-order valence-electron chi connectivity index (χ1n) is 5.63. The summed E-state index contributed by atoms with van der Waals surface area (Å²) in [5, 5.41) is 14.5. The van der Waals surface area contributed by atoms with Gasteiger partial charge < -0.3 is 15.2 Å². The van der Waals surface area contributed by atoms with Crippen molar-refractivity contribution in [3.63, 3.8) is 0 Å². The minimum absolute atomic E-state index is 0.171. The van der Waals surface area contributed by atoms with Crippen molar-refractivity contribution in [3.05, 3.63) is 41.3 Å². The number of anilines is 2. The Bertz CT molecular complexity index is 622. The molecular weight excluding hydrogens is 280 g/mol. The summed E-state index contributed by atoms with van der Waals surface area (Å²) >= 11 is 0.994. The Kier molecular flexibility index (Phi) is 4.21. The van der Waals surface area contributed by atoms with Crippen LogP contribution in [0.25, 0.3) is 0 Å². The topological polar surface area (TPSA) is 87.7 Å². The van der Waals surface area contributed by atoms with E-state index in [4.69, 9.17) is 9.84 Å². The minimum atomic E-state index is -1.02. The second-order valence-corrected chi connectivity index (χ2v) is 4.86. The van der Waals surface area contributed by atoms with Crippen molar-refractivity contribution >= 4 is 34.0 Å². The van der Waals surface area contributed by atoms with Gasteiger partial charge in [-0.15, -0.1) is 11.3 Å². The predicted octanol–water partition coefficient (Wildman–Crippen LogP) is 3.10. The molecule has 0 radical (unpaired) electrons. The highest BCUT2D eigenvalue weighted by molar-refractivity contribution is 7.18. The first kappa shape index (κ1) is 13.9. The highest BCUT2D eigenvalue weighted by atomic mass is 32.1. The van der Waals surface area contributed by atoms with Crippen LogP contribution in [-0.2, 0) is 0 Å². The number of hydrogen-bond donors (Lipinski definition) is 3. The van der Waals surface area contributed by atoms with Gasteiger partial charge in [0.25, 0.3) is 0 Å². The molecule has 0 saturated heterocycles. The van der Waals surface area contributed by atoms with Gasteiger partial charge in [0.1, 0.15) is 10.6 Å². The number of methoxy groups -OCH3 is 1.